The second-order valence-corrected chi connectivity index (χ2v) is 6.59. The van der Waals surface area contributed by atoms with Gasteiger partial charge in [-0.3, -0.25) is 9.88 Å². The van der Waals surface area contributed by atoms with Crippen molar-refractivity contribution in [1.82, 2.24) is 20.5 Å². The quantitative estimate of drug-likeness (QED) is 0.757. The van der Waals surface area contributed by atoms with Crippen molar-refractivity contribution >= 4 is 6.03 Å². The number of pyridine rings is 1. The maximum absolute atomic E-state index is 12.1. The zero-order chi connectivity index (χ0) is 17.3. The SMILES string of the molecule is O=C(NCCc1cccnc1)NC[C@@H]([C@@H]1CCOC1)N1CCOCC1. The van der Waals surface area contributed by atoms with Crippen LogP contribution in [0.3, 0.4) is 0 Å². The second-order valence-electron chi connectivity index (χ2n) is 6.59. The third kappa shape index (κ3) is 5.66. The minimum atomic E-state index is -0.110. The van der Waals surface area contributed by atoms with Crippen LogP contribution in [0.15, 0.2) is 24.5 Å². The van der Waals surface area contributed by atoms with Gasteiger partial charge in [0.25, 0.3) is 0 Å². The van der Waals surface area contributed by atoms with E-state index in [1.807, 2.05) is 18.3 Å². The van der Waals surface area contributed by atoms with Gasteiger partial charge in [-0.2, -0.15) is 0 Å². The lowest BCUT2D eigenvalue weighted by Crippen LogP contribution is -2.53. The summed E-state index contributed by atoms with van der Waals surface area (Å²) in [7, 11) is 0. The molecular weight excluding hydrogens is 320 g/mol. The zero-order valence-electron chi connectivity index (χ0n) is 14.7. The molecule has 2 fully saturated rings. The molecule has 0 aromatic carbocycles. The van der Waals surface area contributed by atoms with Gasteiger partial charge in [-0.25, -0.2) is 4.79 Å². The number of hydrogen-bond acceptors (Lipinski definition) is 5. The maximum Gasteiger partial charge on any atom is 0.314 e. The first kappa shape index (κ1) is 18.1. The molecule has 2 saturated heterocycles. The van der Waals surface area contributed by atoms with Crippen molar-refractivity contribution in [2.75, 3.05) is 52.6 Å². The van der Waals surface area contributed by atoms with Gasteiger partial charge in [0.2, 0.25) is 0 Å². The summed E-state index contributed by atoms with van der Waals surface area (Å²) in [6.07, 6.45) is 5.42. The summed E-state index contributed by atoms with van der Waals surface area (Å²) in [4.78, 5) is 18.6. The third-order valence-electron chi connectivity index (χ3n) is 4.92. The topological polar surface area (TPSA) is 75.7 Å². The van der Waals surface area contributed by atoms with Gasteiger partial charge in [-0.05, 0) is 24.5 Å². The van der Waals surface area contributed by atoms with Crippen LogP contribution in [0, 0.1) is 5.92 Å². The number of amides is 2. The molecule has 0 spiro atoms. The number of morpholine rings is 1. The van der Waals surface area contributed by atoms with Crippen LogP contribution in [-0.2, 0) is 15.9 Å². The van der Waals surface area contributed by atoms with Crippen molar-refractivity contribution in [2.45, 2.75) is 18.9 Å². The molecule has 2 aliphatic rings. The number of nitrogens with one attached hydrogen (secondary N) is 2. The molecule has 1 aromatic heterocycles. The lowest BCUT2D eigenvalue weighted by molar-refractivity contribution is 0.00213. The van der Waals surface area contributed by atoms with Gasteiger partial charge in [-0.15, -0.1) is 0 Å². The number of aromatic nitrogens is 1. The highest BCUT2D eigenvalue weighted by atomic mass is 16.5. The van der Waals surface area contributed by atoms with Crippen LogP contribution in [0.1, 0.15) is 12.0 Å². The number of hydrogen-bond donors (Lipinski definition) is 2. The van der Waals surface area contributed by atoms with Crippen LogP contribution in [0.4, 0.5) is 4.79 Å². The molecule has 0 bridgehead atoms. The first-order chi connectivity index (χ1) is 12.3. The van der Waals surface area contributed by atoms with E-state index in [0.29, 0.717) is 25.0 Å². The number of carbonyl (C=O) groups is 1. The predicted octanol–water partition coefficient (Wildman–Crippen LogP) is 0.661. The van der Waals surface area contributed by atoms with Gasteiger partial charge < -0.3 is 20.1 Å². The molecule has 2 N–H and O–H groups in total. The maximum atomic E-state index is 12.1. The molecule has 2 atom stereocenters. The Morgan fingerprint density at radius 2 is 2.16 bits per heavy atom. The van der Waals surface area contributed by atoms with Crippen LogP contribution in [0.2, 0.25) is 0 Å². The van der Waals surface area contributed by atoms with E-state index in [4.69, 9.17) is 9.47 Å². The van der Waals surface area contributed by atoms with Gasteiger partial charge in [0.05, 0.1) is 19.8 Å². The highest BCUT2D eigenvalue weighted by Gasteiger charge is 2.31. The molecule has 7 heteroatoms. The summed E-state index contributed by atoms with van der Waals surface area (Å²) in [5.41, 5.74) is 1.12. The Morgan fingerprint density at radius 1 is 1.28 bits per heavy atom. The van der Waals surface area contributed by atoms with E-state index in [1.54, 1.807) is 6.20 Å². The highest BCUT2D eigenvalue weighted by molar-refractivity contribution is 5.73. The molecule has 138 valence electrons. The number of ether oxygens (including phenoxy) is 2. The van der Waals surface area contributed by atoms with Crippen molar-refractivity contribution in [3.63, 3.8) is 0 Å². The Hall–Kier alpha value is -1.70. The lowest BCUT2D eigenvalue weighted by Gasteiger charge is -2.37. The number of rotatable bonds is 7. The summed E-state index contributed by atoms with van der Waals surface area (Å²) in [5.74, 6) is 0.480. The largest absolute Gasteiger partial charge is 0.381 e. The first-order valence-electron chi connectivity index (χ1n) is 9.13. The van der Waals surface area contributed by atoms with Crippen LogP contribution in [0.5, 0.6) is 0 Å². The number of nitrogens with zero attached hydrogens (tertiary/aromatic N) is 2. The average Bonchev–Trinajstić information content (AvgIpc) is 3.18. The van der Waals surface area contributed by atoms with E-state index in [1.165, 1.54) is 0 Å². The van der Waals surface area contributed by atoms with E-state index in [9.17, 15) is 4.79 Å². The van der Waals surface area contributed by atoms with E-state index < -0.39 is 0 Å². The molecule has 1 aromatic rings. The summed E-state index contributed by atoms with van der Waals surface area (Å²) in [6, 6.07) is 4.13. The Kier molecular flexibility index (Phi) is 7.02. The van der Waals surface area contributed by atoms with Gasteiger partial charge in [0.1, 0.15) is 0 Å². The summed E-state index contributed by atoms with van der Waals surface area (Å²) < 4.78 is 11.0. The van der Waals surface area contributed by atoms with Crippen molar-refractivity contribution in [2.24, 2.45) is 5.92 Å². The third-order valence-corrected chi connectivity index (χ3v) is 4.92. The number of urea groups is 1. The monoisotopic (exact) mass is 348 g/mol. The minimum absolute atomic E-state index is 0.110. The van der Waals surface area contributed by atoms with E-state index in [2.05, 4.69) is 20.5 Å². The summed E-state index contributed by atoms with van der Waals surface area (Å²) >= 11 is 0. The minimum Gasteiger partial charge on any atom is -0.381 e. The van der Waals surface area contributed by atoms with E-state index in [0.717, 1.165) is 57.9 Å². The summed E-state index contributed by atoms with van der Waals surface area (Å²) in [5, 5.41) is 5.97. The van der Waals surface area contributed by atoms with E-state index in [-0.39, 0.29) is 6.03 Å². The van der Waals surface area contributed by atoms with Gasteiger partial charge in [-0.1, -0.05) is 6.07 Å². The molecule has 2 amide bonds. The Morgan fingerprint density at radius 3 is 2.88 bits per heavy atom. The smallest absolute Gasteiger partial charge is 0.314 e. The van der Waals surface area contributed by atoms with Crippen LogP contribution >= 0.6 is 0 Å². The van der Waals surface area contributed by atoms with Crippen LogP contribution < -0.4 is 10.6 Å². The normalized spacial score (nSPS) is 22.5. The second kappa shape index (κ2) is 9.70. The molecule has 0 radical (unpaired) electrons. The molecule has 0 saturated carbocycles. The van der Waals surface area contributed by atoms with Crippen LogP contribution in [-0.4, -0.2) is 74.6 Å². The first-order valence-corrected chi connectivity index (χ1v) is 9.13. The fourth-order valence-corrected chi connectivity index (χ4v) is 3.49. The van der Waals surface area contributed by atoms with Crippen molar-refractivity contribution in [3.05, 3.63) is 30.1 Å². The van der Waals surface area contributed by atoms with Crippen molar-refractivity contribution < 1.29 is 14.3 Å². The lowest BCUT2D eigenvalue weighted by atomic mass is 9.97. The predicted molar refractivity (Wildman–Crippen MR) is 94.4 cm³/mol. The molecule has 3 rings (SSSR count). The molecule has 0 unspecified atom stereocenters. The molecule has 3 heterocycles. The average molecular weight is 348 g/mol. The Labute approximate surface area is 149 Å². The molecule has 25 heavy (non-hydrogen) atoms. The highest BCUT2D eigenvalue weighted by Crippen LogP contribution is 2.21. The zero-order valence-corrected chi connectivity index (χ0v) is 14.7. The molecule has 2 aliphatic heterocycles. The number of carbonyl (C=O) groups excluding carboxylic acids is 1. The van der Waals surface area contributed by atoms with Crippen molar-refractivity contribution in [3.8, 4) is 0 Å². The van der Waals surface area contributed by atoms with Crippen molar-refractivity contribution in [1.29, 1.82) is 0 Å². The fourth-order valence-electron chi connectivity index (χ4n) is 3.49. The standard InChI is InChI=1S/C18H28N4O3/c23-18(20-6-3-15-2-1-5-19-12-15)21-13-17(16-4-9-25-14-16)22-7-10-24-11-8-22/h1-2,5,12,16-17H,3-4,6-11,13-14H2,(H2,20,21,23)/t16-,17+/m1/s1. The molecule has 7 nitrogen and oxygen atoms in total. The Bertz CT molecular complexity index is 516. The van der Waals surface area contributed by atoms with Gasteiger partial charge in [0.15, 0.2) is 0 Å². The summed E-state index contributed by atoms with van der Waals surface area (Å²) in [6.45, 7) is 6.23. The fraction of sp³-hybridized carbons (Fsp3) is 0.667. The molecular formula is C18H28N4O3. The van der Waals surface area contributed by atoms with Crippen LogP contribution in [0.25, 0.3) is 0 Å². The Balaban J connectivity index is 1.42. The van der Waals surface area contributed by atoms with E-state index >= 15 is 0 Å². The van der Waals surface area contributed by atoms with Gasteiger partial charge >= 0.3 is 6.03 Å². The van der Waals surface area contributed by atoms with Gasteiger partial charge in [0, 0.05) is 57.1 Å². The molecule has 0 aliphatic carbocycles.